The fourth-order valence-electron chi connectivity index (χ4n) is 3.70. The van der Waals surface area contributed by atoms with Crippen LogP contribution in [0.2, 0.25) is 0 Å². The van der Waals surface area contributed by atoms with Gasteiger partial charge in [-0.1, -0.05) is 50.2 Å². The highest BCUT2D eigenvalue weighted by atomic mass is 35.5. The highest BCUT2D eigenvalue weighted by molar-refractivity contribution is 7.12. The number of thiophene rings is 1. The lowest BCUT2D eigenvalue weighted by Gasteiger charge is -2.27. The van der Waals surface area contributed by atoms with E-state index in [1.807, 2.05) is 48.4 Å². The van der Waals surface area contributed by atoms with Gasteiger partial charge in [-0.05, 0) is 35.4 Å². The molecule has 7 heteroatoms. The molecule has 0 radical (unpaired) electrons. The first-order valence-corrected chi connectivity index (χ1v) is 10.3. The number of hydrogen-bond acceptors (Lipinski definition) is 4. The summed E-state index contributed by atoms with van der Waals surface area (Å²) < 4.78 is 0. The Morgan fingerprint density at radius 2 is 1.89 bits per heavy atom. The molecule has 3 atom stereocenters. The first-order chi connectivity index (χ1) is 13.0. The zero-order valence-corrected chi connectivity index (χ0v) is 17.8. The number of amides is 2. The molecule has 1 unspecified atom stereocenters. The summed E-state index contributed by atoms with van der Waals surface area (Å²) >= 11 is 1.38. The molecule has 5 nitrogen and oxygen atoms in total. The van der Waals surface area contributed by atoms with Crippen molar-refractivity contribution in [2.45, 2.75) is 25.8 Å². The van der Waals surface area contributed by atoms with Gasteiger partial charge >= 0.3 is 0 Å². The number of likely N-dealkylation sites (tertiary alicyclic amines) is 1. The Balaban J connectivity index is 0.00000280. The predicted octanol–water partition coefficient (Wildman–Crippen LogP) is 3.13. The molecule has 2 amide bonds. The molecule has 1 aliphatic rings. The van der Waals surface area contributed by atoms with E-state index >= 15 is 0 Å². The minimum Gasteiger partial charge on any atom is -0.340 e. The molecule has 2 aromatic rings. The second kappa shape index (κ2) is 10.0. The van der Waals surface area contributed by atoms with Crippen LogP contribution in [0.1, 0.15) is 35.0 Å². The average molecular weight is 422 g/mol. The van der Waals surface area contributed by atoms with Crippen molar-refractivity contribution in [2.75, 3.05) is 19.6 Å². The molecule has 0 bridgehead atoms. The van der Waals surface area contributed by atoms with Crippen LogP contribution in [0, 0.1) is 11.8 Å². The van der Waals surface area contributed by atoms with Gasteiger partial charge < -0.3 is 16.0 Å². The van der Waals surface area contributed by atoms with Gasteiger partial charge in [0.15, 0.2) is 0 Å². The van der Waals surface area contributed by atoms with Crippen LogP contribution in [0.25, 0.3) is 0 Å². The Morgan fingerprint density at radius 1 is 1.18 bits per heavy atom. The normalized spacial score (nSPS) is 19.9. The zero-order chi connectivity index (χ0) is 19.4. The van der Waals surface area contributed by atoms with E-state index in [1.54, 1.807) is 6.07 Å². The predicted molar refractivity (Wildman–Crippen MR) is 116 cm³/mol. The molecule has 0 aliphatic carbocycles. The monoisotopic (exact) mass is 421 g/mol. The van der Waals surface area contributed by atoms with Gasteiger partial charge in [0.1, 0.15) is 6.04 Å². The van der Waals surface area contributed by atoms with Gasteiger partial charge in [-0.15, -0.1) is 23.7 Å². The summed E-state index contributed by atoms with van der Waals surface area (Å²) in [5, 5.41) is 4.79. The van der Waals surface area contributed by atoms with Crippen molar-refractivity contribution < 1.29 is 9.59 Å². The summed E-state index contributed by atoms with van der Waals surface area (Å²) in [5.41, 5.74) is 7.21. The van der Waals surface area contributed by atoms with Crippen LogP contribution in [0.15, 0.2) is 47.8 Å². The molecule has 1 aromatic carbocycles. The number of nitrogens with zero attached hydrogens (tertiary/aromatic N) is 1. The summed E-state index contributed by atoms with van der Waals surface area (Å²) in [7, 11) is 0. The third-order valence-electron chi connectivity index (χ3n) is 5.25. The van der Waals surface area contributed by atoms with Crippen LogP contribution in [-0.4, -0.2) is 42.4 Å². The van der Waals surface area contributed by atoms with E-state index in [2.05, 4.69) is 17.4 Å². The molecule has 3 N–H and O–H groups in total. The summed E-state index contributed by atoms with van der Waals surface area (Å²) in [5.74, 6) is 0.268. The number of hydrogen-bond donors (Lipinski definition) is 2. The average Bonchev–Trinajstić information content (AvgIpc) is 3.35. The number of nitrogens with two attached hydrogens (primary N) is 1. The van der Waals surface area contributed by atoms with Gasteiger partial charge in [0.25, 0.3) is 5.91 Å². The zero-order valence-electron chi connectivity index (χ0n) is 16.2. The summed E-state index contributed by atoms with van der Waals surface area (Å²) in [6.07, 6.45) is 0. The molecule has 0 saturated carbocycles. The molecule has 1 aromatic heterocycles. The van der Waals surface area contributed by atoms with E-state index in [1.165, 1.54) is 16.9 Å². The minimum atomic E-state index is -0.535. The molecule has 152 valence electrons. The van der Waals surface area contributed by atoms with Gasteiger partial charge in [0.05, 0.1) is 4.88 Å². The SMILES string of the molecule is CC(C)C(NC(=O)c1cccs1)C(=O)N1C[C@@H](CN)[C@H](c2ccccc2)C1.Cl. The number of carbonyl (C=O) groups is 2. The molecule has 0 spiro atoms. The van der Waals surface area contributed by atoms with Crippen molar-refractivity contribution in [1.29, 1.82) is 0 Å². The molecule has 1 saturated heterocycles. The summed E-state index contributed by atoms with van der Waals surface area (Å²) in [6.45, 7) is 5.73. The molecule has 3 rings (SSSR count). The van der Waals surface area contributed by atoms with Crippen LogP contribution in [0.3, 0.4) is 0 Å². The third-order valence-corrected chi connectivity index (χ3v) is 6.12. The van der Waals surface area contributed by atoms with Crippen molar-refractivity contribution >= 4 is 35.6 Å². The van der Waals surface area contributed by atoms with E-state index in [0.29, 0.717) is 24.5 Å². The molecular weight excluding hydrogens is 394 g/mol. The van der Waals surface area contributed by atoms with Gasteiger partial charge in [-0.25, -0.2) is 0 Å². The topological polar surface area (TPSA) is 75.4 Å². The van der Waals surface area contributed by atoms with Crippen LogP contribution >= 0.6 is 23.7 Å². The maximum atomic E-state index is 13.2. The Morgan fingerprint density at radius 3 is 2.46 bits per heavy atom. The number of benzene rings is 1. The first-order valence-electron chi connectivity index (χ1n) is 9.39. The summed E-state index contributed by atoms with van der Waals surface area (Å²) in [6, 6.07) is 13.3. The van der Waals surface area contributed by atoms with Crippen molar-refractivity contribution in [3.05, 3.63) is 58.3 Å². The molecule has 28 heavy (non-hydrogen) atoms. The fraction of sp³-hybridized carbons (Fsp3) is 0.429. The first kappa shape index (κ1) is 22.4. The van der Waals surface area contributed by atoms with Crippen LogP contribution in [0.4, 0.5) is 0 Å². The van der Waals surface area contributed by atoms with E-state index in [4.69, 9.17) is 5.73 Å². The standard InChI is InChI=1S/C21H27N3O2S.ClH/c1-14(2)19(23-20(25)18-9-6-10-27-18)21(26)24-12-16(11-22)17(13-24)15-7-4-3-5-8-15;/h3-10,14,16-17,19H,11-13,22H2,1-2H3,(H,23,25);1H/t16-,17+,19?;/m1./s1. The maximum Gasteiger partial charge on any atom is 0.262 e. The number of carbonyl (C=O) groups excluding carboxylic acids is 2. The molecule has 1 aliphatic heterocycles. The molecular formula is C21H28ClN3O2S. The molecule has 2 heterocycles. The van der Waals surface area contributed by atoms with Gasteiger partial charge in [-0.2, -0.15) is 0 Å². The highest BCUT2D eigenvalue weighted by Crippen LogP contribution is 2.32. The molecule has 1 fully saturated rings. The van der Waals surface area contributed by atoms with Crippen molar-refractivity contribution in [2.24, 2.45) is 17.6 Å². The van der Waals surface area contributed by atoms with Crippen LogP contribution < -0.4 is 11.1 Å². The second-order valence-corrected chi connectivity index (χ2v) is 8.38. The van der Waals surface area contributed by atoms with E-state index in [0.717, 1.165) is 0 Å². The largest absolute Gasteiger partial charge is 0.340 e. The Labute approximate surface area is 176 Å². The third kappa shape index (κ3) is 4.93. The highest BCUT2D eigenvalue weighted by Gasteiger charge is 2.38. The Hall–Kier alpha value is -1.89. The van der Waals surface area contributed by atoms with E-state index in [-0.39, 0.29) is 42.0 Å². The maximum absolute atomic E-state index is 13.2. The minimum absolute atomic E-state index is 0. The van der Waals surface area contributed by atoms with Crippen molar-refractivity contribution in [1.82, 2.24) is 10.2 Å². The lowest BCUT2D eigenvalue weighted by atomic mass is 9.89. The summed E-state index contributed by atoms with van der Waals surface area (Å²) in [4.78, 5) is 28.2. The number of nitrogens with one attached hydrogen (secondary N) is 1. The van der Waals surface area contributed by atoms with E-state index < -0.39 is 6.04 Å². The van der Waals surface area contributed by atoms with Crippen LogP contribution in [-0.2, 0) is 4.79 Å². The van der Waals surface area contributed by atoms with Crippen LogP contribution in [0.5, 0.6) is 0 Å². The smallest absolute Gasteiger partial charge is 0.262 e. The van der Waals surface area contributed by atoms with Crippen molar-refractivity contribution in [3.8, 4) is 0 Å². The Bertz CT molecular complexity index is 767. The lowest BCUT2D eigenvalue weighted by molar-refractivity contribution is -0.133. The number of halogens is 1. The lowest BCUT2D eigenvalue weighted by Crippen LogP contribution is -2.50. The quantitative estimate of drug-likeness (QED) is 0.752. The van der Waals surface area contributed by atoms with Crippen molar-refractivity contribution in [3.63, 3.8) is 0 Å². The van der Waals surface area contributed by atoms with Gasteiger partial charge in [0.2, 0.25) is 5.91 Å². The fourth-order valence-corrected chi connectivity index (χ4v) is 4.33. The van der Waals surface area contributed by atoms with Gasteiger partial charge in [0, 0.05) is 19.0 Å². The Kier molecular flexibility index (Phi) is 8.04. The number of rotatable bonds is 6. The second-order valence-electron chi connectivity index (χ2n) is 7.43. The van der Waals surface area contributed by atoms with E-state index in [9.17, 15) is 9.59 Å². The van der Waals surface area contributed by atoms with Gasteiger partial charge in [-0.3, -0.25) is 9.59 Å².